The van der Waals surface area contributed by atoms with Crippen LogP contribution in [-0.2, 0) is 10.0 Å². The zero-order valence-electron chi connectivity index (χ0n) is 8.11. The van der Waals surface area contributed by atoms with Gasteiger partial charge < -0.3 is 0 Å². The molecule has 0 amide bonds. The first-order chi connectivity index (χ1) is 6.39. The van der Waals surface area contributed by atoms with E-state index in [0.717, 1.165) is 12.1 Å². The van der Waals surface area contributed by atoms with Crippen molar-refractivity contribution in [3.63, 3.8) is 0 Å². The summed E-state index contributed by atoms with van der Waals surface area (Å²) in [5.41, 5.74) is 1.58. The number of sulfonamides is 1. The topological polar surface area (TPSA) is 46.5 Å². The predicted octanol–water partition coefficient (Wildman–Crippen LogP) is 1.44. The third-order valence-corrected chi connectivity index (χ3v) is 5.87. The van der Waals surface area contributed by atoms with E-state index in [1.807, 2.05) is 18.2 Å². The minimum Gasteiger partial charge on any atom is -0.204 e. The van der Waals surface area contributed by atoms with Crippen LogP contribution in [-0.4, -0.2) is 18.9 Å². The van der Waals surface area contributed by atoms with E-state index in [1.54, 1.807) is 13.8 Å². The summed E-state index contributed by atoms with van der Waals surface area (Å²) in [5, 5.41) is 0. The van der Waals surface area contributed by atoms with Crippen molar-refractivity contribution in [3.05, 3.63) is 23.8 Å². The average Bonchev–Trinajstić information content (AvgIpc) is 2.63. The number of nitrogens with zero attached hydrogens (tertiary/aromatic N) is 1. The Kier molecular flexibility index (Phi) is 1.13. The SMILES string of the molecule is CC1(C)C23C=CC(=CC2=NS1(=O)=O)C3. The van der Waals surface area contributed by atoms with Gasteiger partial charge in [-0.1, -0.05) is 12.2 Å². The molecule has 1 spiro atoms. The number of fused-ring (bicyclic) bond motifs is 1. The summed E-state index contributed by atoms with van der Waals surface area (Å²) in [7, 11) is -3.34. The lowest BCUT2D eigenvalue weighted by atomic mass is 9.75. The molecule has 0 saturated heterocycles. The van der Waals surface area contributed by atoms with Crippen LogP contribution >= 0.6 is 0 Å². The van der Waals surface area contributed by atoms with Crippen LogP contribution in [0.15, 0.2) is 28.2 Å². The largest absolute Gasteiger partial charge is 0.259 e. The molecule has 1 heterocycles. The molecule has 74 valence electrons. The maximum atomic E-state index is 11.8. The fourth-order valence-electron chi connectivity index (χ4n) is 2.57. The second-order valence-corrected chi connectivity index (χ2v) is 6.82. The first-order valence-corrected chi connectivity index (χ1v) is 6.08. The van der Waals surface area contributed by atoms with Crippen LogP contribution in [0.3, 0.4) is 0 Å². The van der Waals surface area contributed by atoms with Gasteiger partial charge >= 0.3 is 0 Å². The second-order valence-electron chi connectivity index (χ2n) is 4.66. The van der Waals surface area contributed by atoms with Gasteiger partial charge in [0.15, 0.2) is 0 Å². The monoisotopic (exact) mass is 209 g/mol. The molecule has 1 atom stereocenters. The number of rotatable bonds is 0. The lowest BCUT2D eigenvalue weighted by Gasteiger charge is -2.32. The highest BCUT2D eigenvalue weighted by Crippen LogP contribution is 2.57. The van der Waals surface area contributed by atoms with Gasteiger partial charge in [-0.3, -0.25) is 0 Å². The van der Waals surface area contributed by atoms with Gasteiger partial charge in [0.2, 0.25) is 0 Å². The summed E-state index contributed by atoms with van der Waals surface area (Å²) in [4.78, 5) is 0. The van der Waals surface area contributed by atoms with Crippen LogP contribution in [0.4, 0.5) is 0 Å². The molecule has 0 aromatic rings. The molecule has 2 bridgehead atoms. The third-order valence-electron chi connectivity index (χ3n) is 3.78. The van der Waals surface area contributed by atoms with Gasteiger partial charge in [0.25, 0.3) is 10.0 Å². The van der Waals surface area contributed by atoms with Crippen molar-refractivity contribution in [2.75, 3.05) is 0 Å². The predicted molar refractivity (Wildman–Crippen MR) is 54.7 cm³/mol. The Morgan fingerprint density at radius 2 is 2.14 bits per heavy atom. The Balaban J connectivity index is 2.37. The molecule has 0 fully saturated rings. The summed E-state index contributed by atoms with van der Waals surface area (Å²) < 4.78 is 26.7. The lowest BCUT2D eigenvalue weighted by Crippen LogP contribution is -2.44. The molecule has 0 radical (unpaired) electrons. The second kappa shape index (κ2) is 1.89. The smallest absolute Gasteiger partial charge is 0.204 e. The summed E-state index contributed by atoms with van der Waals surface area (Å²) in [6.07, 6.45) is 6.73. The van der Waals surface area contributed by atoms with Gasteiger partial charge in [0.05, 0.1) is 11.1 Å². The van der Waals surface area contributed by atoms with Crippen LogP contribution in [0.1, 0.15) is 20.3 Å². The van der Waals surface area contributed by atoms with Crippen molar-refractivity contribution in [1.82, 2.24) is 0 Å². The van der Waals surface area contributed by atoms with Crippen LogP contribution in [0.2, 0.25) is 0 Å². The highest BCUT2D eigenvalue weighted by molar-refractivity contribution is 7.92. The van der Waals surface area contributed by atoms with Gasteiger partial charge in [0, 0.05) is 0 Å². The maximum Gasteiger partial charge on any atom is 0.259 e. The number of hydrogen-bond acceptors (Lipinski definition) is 2. The highest BCUT2D eigenvalue weighted by Gasteiger charge is 2.62. The van der Waals surface area contributed by atoms with E-state index in [0.29, 0.717) is 0 Å². The van der Waals surface area contributed by atoms with Crippen molar-refractivity contribution in [1.29, 1.82) is 0 Å². The summed E-state index contributed by atoms with van der Waals surface area (Å²) in [6.45, 7) is 3.54. The lowest BCUT2D eigenvalue weighted by molar-refractivity contribution is 0.420. The first-order valence-electron chi connectivity index (χ1n) is 4.64. The van der Waals surface area contributed by atoms with Crippen LogP contribution in [0, 0.1) is 5.41 Å². The van der Waals surface area contributed by atoms with E-state index >= 15 is 0 Å². The van der Waals surface area contributed by atoms with Crippen molar-refractivity contribution in [3.8, 4) is 0 Å². The van der Waals surface area contributed by atoms with Gasteiger partial charge in [-0.15, -0.1) is 0 Å². The van der Waals surface area contributed by atoms with Crippen molar-refractivity contribution in [2.24, 2.45) is 9.81 Å². The summed E-state index contributed by atoms with van der Waals surface area (Å²) >= 11 is 0. The minimum absolute atomic E-state index is 0.360. The van der Waals surface area contributed by atoms with E-state index in [4.69, 9.17) is 0 Å². The Labute approximate surface area is 83.3 Å². The summed E-state index contributed by atoms with van der Waals surface area (Å²) in [6, 6.07) is 0. The molecule has 1 unspecified atom stereocenters. The van der Waals surface area contributed by atoms with E-state index in [1.165, 1.54) is 5.57 Å². The third kappa shape index (κ3) is 0.610. The molecule has 2 aliphatic carbocycles. The van der Waals surface area contributed by atoms with Gasteiger partial charge in [-0.2, -0.15) is 4.40 Å². The van der Waals surface area contributed by atoms with Crippen LogP contribution in [0.25, 0.3) is 0 Å². The average molecular weight is 209 g/mol. The van der Waals surface area contributed by atoms with Gasteiger partial charge in [0.1, 0.15) is 4.75 Å². The molecule has 3 rings (SSSR count). The minimum atomic E-state index is -3.34. The molecule has 1 aliphatic heterocycles. The van der Waals surface area contributed by atoms with Gasteiger partial charge in [-0.25, -0.2) is 8.42 Å². The molecule has 0 aromatic heterocycles. The van der Waals surface area contributed by atoms with E-state index in [2.05, 4.69) is 4.40 Å². The van der Waals surface area contributed by atoms with Crippen LogP contribution < -0.4 is 0 Å². The Hall–Kier alpha value is -0.900. The normalized spacial score (nSPS) is 39.6. The molecule has 4 heteroatoms. The molecular formula is C10H11NO2S. The molecule has 0 aromatic carbocycles. The van der Waals surface area contributed by atoms with Crippen molar-refractivity contribution < 1.29 is 8.42 Å². The Morgan fingerprint density at radius 3 is 2.71 bits per heavy atom. The molecule has 14 heavy (non-hydrogen) atoms. The highest BCUT2D eigenvalue weighted by atomic mass is 32.2. The molecule has 3 aliphatic rings. The number of allylic oxidation sites excluding steroid dienone is 4. The van der Waals surface area contributed by atoms with Crippen molar-refractivity contribution in [2.45, 2.75) is 25.0 Å². The van der Waals surface area contributed by atoms with Crippen molar-refractivity contribution >= 4 is 15.7 Å². The first kappa shape index (κ1) is 8.41. The standard InChI is InChI=1S/C10H11NO2S/c1-9(2)10-4-3-7(6-10)5-8(10)11-14(9,12)13/h3-5H,6H2,1-2H3. The molecule has 0 N–H and O–H groups in total. The summed E-state index contributed by atoms with van der Waals surface area (Å²) in [5.74, 6) is 0. The fourth-order valence-corrected chi connectivity index (χ4v) is 3.98. The van der Waals surface area contributed by atoms with E-state index in [9.17, 15) is 8.42 Å². The zero-order valence-corrected chi connectivity index (χ0v) is 8.93. The fraction of sp³-hybridized carbons (Fsp3) is 0.500. The zero-order chi connectivity index (χ0) is 10.2. The number of hydrogen-bond donors (Lipinski definition) is 0. The molecule has 0 saturated carbocycles. The Morgan fingerprint density at radius 1 is 1.43 bits per heavy atom. The van der Waals surface area contributed by atoms with E-state index in [-0.39, 0.29) is 5.41 Å². The Bertz CT molecular complexity index is 522. The van der Waals surface area contributed by atoms with E-state index < -0.39 is 14.8 Å². The maximum absolute atomic E-state index is 11.8. The van der Waals surface area contributed by atoms with Crippen LogP contribution in [0.5, 0.6) is 0 Å². The van der Waals surface area contributed by atoms with Gasteiger partial charge in [-0.05, 0) is 31.9 Å². The molecular weight excluding hydrogens is 198 g/mol. The quantitative estimate of drug-likeness (QED) is 0.606. The molecule has 3 nitrogen and oxygen atoms in total.